The Kier molecular flexibility index (Phi) is 3.92. The number of carbonyl (C=O) groups excluding carboxylic acids is 2. The Morgan fingerprint density at radius 1 is 1.45 bits per heavy atom. The first kappa shape index (κ1) is 14.3. The number of nitrogens with one attached hydrogen (secondary N) is 1. The topological polar surface area (TPSA) is 71.5 Å². The predicted octanol–water partition coefficient (Wildman–Crippen LogP) is 1.49. The van der Waals surface area contributed by atoms with Crippen molar-refractivity contribution >= 4 is 12.0 Å². The van der Waals surface area contributed by atoms with Gasteiger partial charge in [-0.2, -0.15) is 0 Å². The van der Waals surface area contributed by atoms with Gasteiger partial charge in [-0.3, -0.25) is 14.7 Å². The van der Waals surface area contributed by atoms with E-state index in [1.807, 2.05) is 0 Å². The van der Waals surface area contributed by atoms with E-state index in [-0.39, 0.29) is 5.91 Å². The monoisotopic (exact) mass is 277 g/mol. The standard InChI is InChI=1S/C14H19N3O3/c1-14(2,3)20-13(19)17-9-8-16-12(18)11(17)10-6-4-5-7-15-10/h4-7,11H,8-9H2,1-3H3,(H,16,18). The molecule has 1 N–H and O–H groups in total. The lowest BCUT2D eigenvalue weighted by Gasteiger charge is -2.35. The van der Waals surface area contributed by atoms with Crippen molar-refractivity contribution in [3.05, 3.63) is 30.1 Å². The fourth-order valence-electron chi connectivity index (χ4n) is 2.02. The first-order valence-electron chi connectivity index (χ1n) is 6.57. The number of rotatable bonds is 1. The van der Waals surface area contributed by atoms with Crippen LogP contribution in [0.15, 0.2) is 24.4 Å². The van der Waals surface area contributed by atoms with Crippen molar-refractivity contribution in [2.24, 2.45) is 0 Å². The second-order valence-electron chi connectivity index (χ2n) is 5.62. The molecule has 1 unspecified atom stereocenters. The third-order valence-corrected chi connectivity index (χ3v) is 2.81. The maximum absolute atomic E-state index is 12.2. The second kappa shape index (κ2) is 5.48. The molecule has 1 aromatic heterocycles. The molecule has 0 aliphatic carbocycles. The summed E-state index contributed by atoms with van der Waals surface area (Å²) in [5.41, 5.74) is -0.0600. The Labute approximate surface area is 118 Å². The van der Waals surface area contributed by atoms with Crippen LogP contribution in [0.2, 0.25) is 0 Å². The summed E-state index contributed by atoms with van der Waals surface area (Å²) in [5.74, 6) is -0.235. The normalized spacial score (nSPS) is 19.4. The van der Waals surface area contributed by atoms with E-state index in [9.17, 15) is 9.59 Å². The molecule has 1 saturated heterocycles. The van der Waals surface area contributed by atoms with Crippen molar-refractivity contribution < 1.29 is 14.3 Å². The van der Waals surface area contributed by atoms with Crippen LogP contribution in [0.5, 0.6) is 0 Å². The van der Waals surface area contributed by atoms with Gasteiger partial charge in [-0.1, -0.05) is 6.07 Å². The van der Waals surface area contributed by atoms with Crippen molar-refractivity contribution in [3.8, 4) is 0 Å². The van der Waals surface area contributed by atoms with Gasteiger partial charge in [-0.05, 0) is 32.9 Å². The summed E-state index contributed by atoms with van der Waals surface area (Å²) in [6, 6.07) is 4.55. The number of hydrogen-bond acceptors (Lipinski definition) is 4. The summed E-state index contributed by atoms with van der Waals surface area (Å²) in [7, 11) is 0. The highest BCUT2D eigenvalue weighted by atomic mass is 16.6. The lowest BCUT2D eigenvalue weighted by atomic mass is 10.1. The number of aromatic nitrogens is 1. The summed E-state index contributed by atoms with van der Waals surface area (Å²) in [6.45, 7) is 6.21. The molecule has 2 rings (SSSR count). The molecule has 2 amide bonds. The number of piperazine rings is 1. The Bertz CT molecular complexity index is 496. The number of amides is 2. The van der Waals surface area contributed by atoms with Gasteiger partial charge in [0.15, 0.2) is 6.04 Å². The van der Waals surface area contributed by atoms with Crippen LogP contribution in [-0.2, 0) is 9.53 Å². The van der Waals surface area contributed by atoms with Crippen LogP contribution < -0.4 is 5.32 Å². The average Bonchev–Trinajstić information content (AvgIpc) is 2.37. The molecule has 6 heteroatoms. The van der Waals surface area contributed by atoms with Crippen LogP contribution in [0.3, 0.4) is 0 Å². The fraction of sp³-hybridized carbons (Fsp3) is 0.500. The lowest BCUT2D eigenvalue weighted by molar-refractivity contribution is -0.129. The molecule has 1 aromatic rings. The summed E-state index contributed by atoms with van der Waals surface area (Å²) in [4.78, 5) is 29.9. The van der Waals surface area contributed by atoms with E-state index in [1.54, 1.807) is 45.2 Å². The predicted molar refractivity (Wildman–Crippen MR) is 72.9 cm³/mol. The number of ether oxygens (including phenoxy) is 1. The Balaban J connectivity index is 2.25. The Morgan fingerprint density at radius 3 is 2.80 bits per heavy atom. The lowest BCUT2D eigenvalue weighted by Crippen LogP contribution is -2.53. The molecule has 0 radical (unpaired) electrons. The Morgan fingerprint density at radius 2 is 2.20 bits per heavy atom. The highest BCUT2D eigenvalue weighted by Gasteiger charge is 2.37. The van der Waals surface area contributed by atoms with E-state index in [2.05, 4.69) is 10.3 Å². The molecule has 1 atom stereocenters. The molecule has 20 heavy (non-hydrogen) atoms. The van der Waals surface area contributed by atoms with Crippen LogP contribution in [0.4, 0.5) is 4.79 Å². The van der Waals surface area contributed by atoms with Crippen LogP contribution in [-0.4, -0.2) is 40.6 Å². The highest BCUT2D eigenvalue weighted by Crippen LogP contribution is 2.23. The molecule has 1 aliphatic heterocycles. The van der Waals surface area contributed by atoms with Crippen molar-refractivity contribution in [1.82, 2.24) is 15.2 Å². The summed E-state index contributed by atoms with van der Waals surface area (Å²) in [6.07, 6.45) is 1.10. The van der Waals surface area contributed by atoms with E-state index in [1.165, 1.54) is 4.90 Å². The van der Waals surface area contributed by atoms with Gasteiger partial charge >= 0.3 is 6.09 Å². The molecular formula is C14H19N3O3. The maximum Gasteiger partial charge on any atom is 0.411 e. The molecule has 0 spiro atoms. The minimum atomic E-state index is -0.736. The molecule has 1 fully saturated rings. The van der Waals surface area contributed by atoms with Gasteiger partial charge in [0.1, 0.15) is 5.60 Å². The zero-order valence-corrected chi connectivity index (χ0v) is 11.9. The average molecular weight is 277 g/mol. The minimum Gasteiger partial charge on any atom is -0.444 e. The molecule has 1 aliphatic rings. The first-order valence-corrected chi connectivity index (χ1v) is 6.57. The van der Waals surface area contributed by atoms with Crippen LogP contribution in [0, 0.1) is 0 Å². The zero-order valence-electron chi connectivity index (χ0n) is 11.9. The molecule has 2 heterocycles. The van der Waals surface area contributed by atoms with E-state index < -0.39 is 17.7 Å². The number of nitrogens with zero attached hydrogens (tertiary/aromatic N) is 2. The summed E-state index contributed by atoms with van der Waals surface area (Å²) in [5, 5.41) is 2.75. The molecular weight excluding hydrogens is 258 g/mol. The van der Waals surface area contributed by atoms with E-state index in [0.717, 1.165) is 0 Å². The molecule has 0 aromatic carbocycles. The molecule has 108 valence electrons. The molecule has 0 bridgehead atoms. The first-order chi connectivity index (χ1) is 9.38. The van der Waals surface area contributed by atoms with Gasteiger partial charge < -0.3 is 10.1 Å². The maximum atomic E-state index is 12.2. The SMILES string of the molecule is CC(C)(C)OC(=O)N1CCNC(=O)C1c1ccccn1. The van der Waals surface area contributed by atoms with Gasteiger partial charge in [0.25, 0.3) is 0 Å². The smallest absolute Gasteiger partial charge is 0.411 e. The largest absolute Gasteiger partial charge is 0.444 e. The van der Waals surface area contributed by atoms with E-state index in [0.29, 0.717) is 18.8 Å². The quantitative estimate of drug-likeness (QED) is 0.844. The van der Waals surface area contributed by atoms with Crippen molar-refractivity contribution in [3.63, 3.8) is 0 Å². The number of carbonyl (C=O) groups is 2. The minimum absolute atomic E-state index is 0.235. The van der Waals surface area contributed by atoms with Crippen molar-refractivity contribution in [2.45, 2.75) is 32.4 Å². The molecule has 0 saturated carbocycles. The molecule has 6 nitrogen and oxygen atoms in total. The Hall–Kier alpha value is -2.11. The fourth-order valence-corrected chi connectivity index (χ4v) is 2.02. The van der Waals surface area contributed by atoms with Gasteiger partial charge in [0.05, 0.1) is 5.69 Å². The number of hydrogen-bond donors (Lipinski definition) is 1. The van der Waals surface area contributed by atoms with Gasteiger partial charge in [0, 0.05) is 19.3 Å². The van der Waals surface area contributed by atoms with Crippen LogP contribution >= 0.6 is 0 Å². The van der Waals surface area contributed by atoms with Crippen LogP contribution in [0.1, 0.15) is 32.5 Å². The zero-order chi connectivity index (χ0) is 14.8. The van der Waals surface area contributed by atoms with Gasteiger partial charge in [-0.15, -0.1) is 0 Å². The summed E-state index contributed by atoms with van der Waals surface area (Å²) >= 11 is 0. The van der Waals surface area contributed by atoms with E-state index >= 15 is 0 Å². The third-order valence-electron chi connectivity index (χ3n) is 2.81. The van der Waals surface area contributed by atoms with Crippen molar-refractivity contribution in [1.29, 1.82) is 0 Å². The third kappa shape index (κ3) is 3.26. The highest BCUT2D eigenvalue weighted by molar-refractivity contribution is 5.87. The second-order valence-corrected chi connectivity index (χ2v) is 5.62. The number of pyridine rings is 1. The van der Waals surface area contributed by atoms with Gasteiger partial charge in [0.2, 0.25) is 5.91 Å². The van der Waals surface area contributed by atoms with Crippen molar-refractivity contribution in [2.75, 3.05) is 13.1 Å². The van der Waals surface area contributed by atoms with Gasteiger partial charge in [-0.25, -0.2) is 4.79 Å². The van der Waals surface area contributed by atoms with Crippen LogP contribution in [0.25, 0.3) is 0 Å². The van der Waals surface area contributed by atoms with E-state index in [4.69, 9.17) is 4.74 Å². The summed E-state index contributed by atoms with van der Waals surface area (Å²) < 4.78 is 5.36.